The third-order valence-electron chi connectivity index (χ3n) is 2.30. The van der Waals surface area contributed by atoms with Gasteiger partial charge in [0.05, 0.1) is 0 Å². The molecule has 0 saturated carbocycles. The van der Waals surface area contributed by atoms with Crippen molar-refractivity contribution < 1.29 is 4.42 Å². The van der Waals surface area contributed by atoms with E-state index in [2.05, 4.69) is 11.1 Å². The van der Waals surface area contributed by atoms with E-state index in [1.54, 1.807) is 12.1 Å². The van der Waals surface area contributed by atoms with Crippen molar-refractivity contribution in [3.63, 3.8) is 0 Å². The molecule has 1 aromatic heterocycles. The van der Waals surface area contributed by atoms with Crippen LogP contribution < -0.4 is 0 Å². The first kappa shape index (κ1) is 9.43. The Morgan fingerprint density at radius 2 is 2.19 bits per heavy atom. The summed E-state index contributed by atoms with van der Waals surface area (Å²) >= 11 is 5.92. The third-order valence-corrected chi connectivity index (χ3v) is 2.54. The van der Waals surface area contributed by atoms with Crippen LogP contribution in [0, 0.1) is 6.07 Å². The van der Waals surface area contributed by atoms with Gasteiger partial charge in [-0.15, -0.1) is 0 Å². The lowest BCUT2D eigenvalue weighted by Gasteiger charge is -1.94. The van der Waals surface area contributed by atoms with E-state index in [0.717, 1.165) is 16.7 Å². The highest BCUT2D eigenvalue weighted by molar-refractivity contribution is 6.30. The van der Waals surface area contributed by atoms with E-state index < -0.39 is 0 Å². The molecule has 0 spiro atoms. The van der Waals surface area contributed by atoms with Crippen LogP contribution >= 0.6 is 11.6 Å². The van der Waals surface area contributed by atoms with Gasteiger partial charge in [-0.05, 0) is 36.4 Å². The molecule has 3 aromatic rings. The van der Waals surface area contributed by atoms with E-state index in [0.29, 0.717) is 10.9 Å². The third kappa shape index (κ3) is 1.57. The minimum Gasteiger partial charge on any atom is -0.436 e. The standard InChI is InChI=1S/C13H7ClNO/c14-10-5-3-4-9(8-10)13-15-11-6-1-2-7-12(11)16-13/h2-8H. The lowest BCUT2D eigenvalue weighted by molar-refractivity contribution is 0.620. The molecular formula is C13H7ClNO. The summed E-state index contributed by atoms with van der Waals surface area (Å²) < 4.78 is 5.62. The van der Waals surface area contributed by atoms with Gasteiger partial charge >= 0.3 is 0 Å². The number of nitrogens with zero attached hydrogens (tertiary/aromatic N) is 1. The predicted molar refractivity (Wildman–Crippen MR) is 63.3 cm³/mol. The summed E-state index contributed by atoms with van der Waals surface area (Å²) in [4.78, 5) is 4.37. The zero-order chi connectivity index (χ0) is 11.0. The summed E-state index contributed by atoms with van der Waals surface area (Å²) in [7, 11) is 0. The first-order chi connectivity index (χ1) is 7.83. The van der Waals surface area contributed by atoms with E-state index in [9.17, 15) is 0 Å². The molecule has 0 aliphatic heterocycles. The molecular weight excluding hydrogens is 222 g/mol. The summed E-state index contributed by atoms with van der Waals surface area (Å²) in [6, 6.07) is 15.8. The van der Waals surface area contributed by atoms with Crippen molar-refractivity contribution in [2.45, 2.75) is 0 Å². The maximum Gasteiger partial charge on any atom is 0.227 e. The summed E-state index contributed by atoms with van der Waals surface area (Å²) in [5, 5.41) is 0.673. The fraction of sp³-hybridized carbons (Fsp3) is 0. The maximum absolute atomic E-state index is 5.92. The molecule has 2 aromatic carbocycles. The lowest BCUT2D eigenvalue weighted by Crippen LogP contribution is -1.76. The molecule has 0 atom stereocenters. The van der Waals surface area contributed by atoms with Gasteiger partial charge in [0, 0.05) is 10.6 Å². The van der Waals surface area contributed by atoms with Crippen LogP contribution in [0.5, 0.6) is 0 Å². The lowest BCUT2D eigenvalue weighted by atomic mass is 10.2. The molecule has 0 aliphatic rings. The molecule has 0 N–H and O–H groups in total. The SMILES string of the molecule is Clc1cccc(-c2nc3c[c]ccc3o2)c1. The number of hydrogen-bond acceptors (Lipinski definition) is 2. The number of rotatable bonds is 1. The Hall–Kier alpha value is -1.80. The fourth-order valence-corrected chi connectivity index (χ4v) is 1.75. The summed E-state index contributed by atoms with van der Waals surface area (Å²) in [6.45, 7) is 0. The monoisotopic (exact) mass is 228 g/mol. The number of fused-ring (bicyclic) bond motifs is 1. The number of benzene rings is 2. The van der Waals surface area contributed by atoms with Crippen molar-refractivity contribution in [3.05, 3.63) is 53.6 Å². The average molecular weight is 229 g/mol. The number of aromatic nitrogens is 1. The molecule has 0 bridgehead atoms. The van der Waals surface area contributed by atoms with Gasteiger partial charge in [-0.1, -0.05) is 23.7 Å². The van der Waals surface area contributed by atoms with Gasteiger partial charge in [0.2, 0.25) is 5.89 Å². The van der Waals surface area contributed by atoms with E-state index in [-0.39, 0.29) is 0 Å². The Kier molecular flexibility index (Phi) is 2.15. The molecule has 0 saturated heterocycles. The van der Waals surface area contributed by atoms with Crippen molar-refractivity contribution in [1.82, 2.24) is 4.98 Å². The van der Waals surface area contributed by atoms with Gasteiger partial charge in [0.1, 0.15) is 5.52 Å². The van der Waals surface area contributed by atoms with Crippen LogP contribution in [-0.2, 0) is 0 Å². The summed E-state index contributed by atoms with van der Waals surface area (Å²) in [5.41, 5.74) is 2.44. The molecule has 3 heteroatoms. The number of hydrogen-bond donors (Lipinski definition) is 0. The molecule has 2 nitrogen and oxygen atoms in total. The van der Waals surface area contributed by atoms with E-state index in [4.69, 9.17) is 16.0 Å². The van der Waals surface area contributed by atoms with Crippen LogP contribution in [0.25, 0.3) is 22.6 Å². The second kappa shape index (κ2) is 3.65. The first-order valence-corrected chi connectivity index (χ1v) is 5.23. The Balaban J connectivity index is 2.19. The topological polar surface area (TPSA) is 26.0 Å². The Labute approximate surface area is 97.5 Å². The molecule has 0 unspecified atom stereocenters. The van der Waals surface area contributed by atoms with Crippen molar-refractivity contribution >= 4 is 22.7 Å². The highest BCUT2D eigenvalue weighted by atomic mass is 35.5. The summed E-state index contributed by atoms with van der Waals surface area (Å²) in [5.74, 6) is 0.581. The highest BCUT2D eigenvalue weighted by Gasteiger charge is 2.07. The molecule has 0 fully saturated rings. The second-order valence-corrected chi connectivity index (χ2v) is 3.86. The maximum atomic E-state index is 5.92. The van der Waals surface area contributed by atoms with Gasteiger partial charge in [0.25, 0.3) is 0 Å². The fourth-order valence-electron chi connectivity index (χ4n) is 1.56. The van der Waals surface area contributed by atoms with Crippen molar-refractivity contribution in [3.8, 4) is 11.5 Å². The number of oxazole rings is 1. The van der Waals surface area contributed by atoms with Crippen molar-refractivity contribution in [2.24, 2.45) is 0 Å². The van der Waals surface area contributed by atoms with Crippen LogP contribution in [0.2, 0.25) is 5.02 Å². The Morgan fingerprint density at radius 3 is 3.00 bits per heavy atom. The normalized spacial score (nSPS) is 10.8. The van der Waals surface area contributed by atoms with Crippen LogP contribution in [0.4, 0.5) is 0 Å². The Morgan fingerprint density at radius 1 is 1.25 bits per heavy atom. The van der Waals surface area contributed by atoms with Crippen LogP contribution in [0.1, 0.15) is 0 Å². The van der Waals surface area contributed by atoms with Gasteiger partial charge in [-0.3, -0.25) is 0 Å². The van der Waals surface area contributed by atoms with E-state index in [1.165, 1.54) is 0 Å². The number of halogens is 1. The molecule has 16 heavy (non-hydrogen) atoms. The summed E-state index contributed by atoms with van der Waals surface area (Å²) in [6.07, 6.45) is 0. The zero-order valence-corrected chi connectivity index (χ0v) is 9.03. The van der Waals surface area contributed by atoms with Crippen LogP contribution in [0.3, 0.4) is 0 Å². The largest absolute Gasteiger partial charge is 0.436 e. The molecule has 0 aliphatic carbocycles. The highest BCUT2D eigenvalue weighted by Crippen LogP contribution is 2.25. The second-order valence-electron chi connectivity index (χ2n) is 3.42. The van der Waals surface area contributed by atoms with E-state index in [1.807, 2.05) is 30.3 Å². The Bertz CT molecular complexity index is 612. The minimum absolute atomic E-state index is 0.581. The molecule has 77 valence electrons. The predicted octanol–water partition coefficient (Wildman–Crippen LogP) is 3.95. The van der Waals surface area contributed by atoms with E-state index >= 15 is 0 Å². The van der Waals surface area contributed by atoms with Crippen LogP contribution in [-0.4, -0.2) is 4.98 Å². The van der Waals surface area contributed by atoms with Crippen molar-refractivity contribution in [1.29, 1.82) is 0 Å². The van der Waals surface area contributed by atoms with Gasteiger partial charge in [-0.2, -0.15) is 0 Å². The first-order valence-electron chi connectivity index (χ1n) is 4.85. The van der Waals surface area contributed by atoms with Gasteiger partial charge in [-0.25, -0.2) is 4.98 Å². The smallest absolute Gasteiger partial charge is 0.227 e. The van der Waals surface area contributed by atoms with Crippen LogP contribution in [0.15, 0.2) is 46.9 Å². The molecule has 1 radical (unpaired) electrons. The zero-order valence-electron chi connectivity index (χ0n) is 8.27. The minimum atomic E-state index is 0.581. The van der Waals surface area contributed by atoms with Crippen molar-refractivity contribution in [2.75, 3.05) is 0 Å². The average Bonchev–Trinajstić information content (AvgIpc) is 2.72. The quantitative estimate of drug-likeness (QED) is 0.630. The van der Waals surface area contributed by atoms with Gasteiger partial charge in [0.15, 0.2) is 5.58 Å². The molecule has 3 rings (SSSR count). The van der Waals surface area contributed by atoms with Gasteiger partial charge < -0.3 is 4.42 Å². The molecule has 1 heterocycles. The molecule has 0 amide bonds.